The van der Waals surface area contributed by atoms with Crippen LogP contribution in [0, 0.1) is 52.3 Å². The van der Waals surface area contributed by atoms with E-state index >= 15 is 0 Å². The van der Waals surface area contributed by atoms with Crippen LogP contribution in [0.1, 0.15) is 112 Å². The van der Waals surface area contributed by atoms with Crippen LogP contribution in [0.25, 0.3) is 0 Å². The maximum Gasteiger partial charge on any atom is 0.164 e. The second-order valence-corrected chi connectivity index (χ2v) is 13.3. The smallest absolute Gasteiger partial charge is 0.164 e. The quantitative estimate of drug-likeness (QED) is 0.522. The van der Waals surface area contributed by atoms with Gasteiger partial charge in [0, 0.05) is 6.42 Å². The molecule has 1 N–H and O–H groups in total. The van der Waals surface area contributed by atoms with E-state index in [1.807, 2.05) is 0 Å². The average Bonchev–Trinajstić information content (AvgIpc) is 2.99. The zero-order valence-electron chi connectivity index (χ0n) is 20.7. The zero-order valence-corrected chi connectivity index (χ0v) is 20.7. The summed E-state index contributed by atoms with van der Waals surface area (Å²) >= 11 is 0. The number of Topliss-reactive ketones (excluding diaryl/α,β-unsaturated/α-hetero) is 1. The molecule has 4 aliphatic rings. The Balaban J connectivity index is 1.50. The number of carbonyl (C=O) groups excluding carboxylic acids is 1. The molecule has 0 bridgehead atoms. The Hall–Kier alpha value is -0.370. The number of rotatable bonds is 5. The van der Waals surface area contributed by atoms with E-state index in [9.17, 15) is 9.90 Å². The van der Waals surface area contributed by atoms with Gasteiger partial charge in [-0.25, -0.2) is 0 Å². The lowest BCUT2D eigenvalue weighted by atomic mass is 9.43. The number of aliphatic hydroxyl groups is 1. The molecule has 2 heteroatoms. The number of hydrogen-bond donors (Lipinski definition) is 1. The molecule has 0 aromatic carbocycles. The molecule has 0 spiro atoms. The molecular formula is C28H48O2. The minimum atomic E-state index is -1.10. The number of ketones is 1. The standard InChI is InChI=1S/C28H48O2/c1-18(2)8-7-9-19(3)22-12-13-23-21-11-10-20-16-25(29)28(6,30)17-27(20,5)24(21)14-15-26(22,23)4/h18-24,30H,7-17H2,1-6H3/t19-,20+,21+,22-,23+,24+,26-,27+,28+/m1/s1. The summed E-state index contributed by atoms with van der Waals surface area (Å²) < 4.78 is 0. The third kappa shape index (κ3) is 3.61. The molecule has 4 rings (SSSR count). The van der Waals surface area contributed by atoms with E-state index in [2.05, 4.69) is 34.6 Å². The number of hydrogen-bond acceptors (Lipinski definition) is 2. The lowest BCUT2D eigenvalue weighted by Crippen LogP contribution is -2.58. The van der Waals surface area contributed by atoms with E-state index in [1.165, 1.54) is 57.8 Å². The average molecular weight is 417 g/mol. The van der Waals surface area contributed by atoms with Crippen molar-refractivity contribution in [3.63, 3.8) is 0 Å². The molecule has 0 saturated heterocycles. The SMILES string of the molecule is CC(C)CCC[C@@H](C)[C@H]1CC[C@H]2[C@@H]3CC[C@H]4CC(=O)[C@@](C)(O)C[C@]4(C)[C@H]3CC[C@]12C. The van der Waals surface area contributed by atoms with E-state index in [-0.39, 0.29) is 11.2 Å². The van der Waals surface area contributed by atoms with Gasteiger partial charge in [0.05, 0.1) is 0 Å². The van der Waals surface area contributed by atoms with Gasteiger partial charge < -0.3 is 5.11 Å². The molecule has 172 valence electrons. The highest BCUT2D eigenvalue weighted by Gasteiger charge is 2.62. The Kier molecular flexibility index (Phi) is 6.00. The number of fused-ring (bicyclic) bond motifs is 5. The normalized spacial score (nSPS) is 49.5. The van der Waals surface area contributed by atoms with Gasteiger partial charge in [0.2, 0.25) is 0 Å². The van der Waals surface area contributed by atoms with Crippen LogP contribution in [0.5, 0.6) is 0 Å². The van der Waals surface area contributed by atoms with E-state index in [0.717, 1.165) is 29.6 Å². The summed E-state index contributed by atoms with van der Waals surface area (Å²) in [7, 11) is 0. The van der Waals surface area contributed by atoms with Crippen molar-refractivity contribution in [2.75, 3.05) is 0 Å². The Morgan fingerprint density at radius 1 is 0.933 bits per heavy atom. The van der Waals surface area contributed by atoms with Crippen molar-refractivity contribution in [3.05, 3.63) is 0 Å². The maximum absolute atomic E-state index is 12.5. The van der Waals surface area contributed by atoms with Gasteiger partial charge >= 0.3 is 0 Å². The van der Waals surface area contributed by atoms with Gasteiger partial charge in [-0.05, 0) is 104 Å². The topological polar surface area (TPSA) is 37.3 Å². The largest absolute Gasteiger partial charge is 0.382 e. The first-order chi connectivity index (χ1) is 14.0. The third-order valence-corrected chi connectivity index (χ3v) is 11.0. The van der Waals surface area contributed by atoms with Crippen LogP contribution in [0.2, 0.25) is 0 Å². The molecular weight excluding hydrogens is 368 g/mol. The van der Waals surface area contributed by atoms with Gasteiger partial charge in [-0.1, -0.05) is 53.9 Å². The molecule has 0 heterocycles. The molecule has 4 aliphatic carbocycles. The Labute approximate surface area is 186 Å². The molecule has 0 unspecified atom stereocenters. The maximum atomic E-state index is 12.5. The first kappa shape index (κ1) is 22.8. The second kappa shape index (κ2) is 7.89. The van der Waals surface area contributed by atoms with Gasteiger partial charge in [0.15, 0.2) is 5.78 Å². The van der Waals surface area contributed by atoms with Crippen LogP contribution in [-0.4, -0.2) is 16.5 Å². The molecule has 0 aromatic rings. The highest BCUT2D eigenvalue weighted by molar-refractivity contribution is 5.87. The molecule has 0 aliphatic heterocycles. The molecule has 0 amide bonds. The van der Waals surface area contributed by atoms with E-state index in [4.69, 9.17) is 0 Å². The Bertz CT molecular complexity index is 651. The summed E-state index contributed by atoms with van der Waals surface area (Å²) in [6.07, 6.45) is 13.6. The van der Waals surface area contributed by atoms with Crippen LogP contribution in [-0.2, 0) is 4.79 Å². The fourth-order valence-corrected chi connectivity index (χ4v) is 9.45. The van der Waals surface area contributed by atoms with Crippen LogP contribution in [0.15, 0.2) is 0 Å². The fourth-order valence-electron chi connectivity index (χ4n) is 9.45. The summed E-state index contributed by atoms with van der Waals surface area (Å²) in [5.74, 6) is 5.59. The zero-order chi connectivity index (χ0) is 21.9. The van der Waals surface area contributed by atoms with Crippen LogP contribution in [0.4, 0.5) is 0 Å². The van der Waals surface area contributed by atoms with Crippen molar-refractivity contribution >= 4 is 5.78 Å². The lowest BCUT2D eigenvalue weighted by molar-refractivity contribution is -0.171. The lowest BCUT2D eigenvalue weighted by Gasteiger charge is -2.62. The Morgan fingerprint density at radius 2 is 1.63 bits per heavy atom. The predicted octanol–water partition coefficient (Wildman–Crippen LogP) is 7.04. The molecule has 0 radical (unpaired) electrons. The van der Waals surface area contributed by atoms with Crippen molar-refractivity contribution in [1.29, 1.82) is 0 Å². The van der Waals surface area contributed by atoms with E-state index in [0.29, 0.717) is 30.1 Å². The van der Waals surface area contributed by atoms with Crippen molar-refractivity contribution < 1.29 is 9.90 Å². The highest BCUT2D eigenvalue weighted by Crippen LogP contribution is 2.68. The fraction of sp³-hybridized carbons (Fsp3) is 0.964. The van der Waals surface area contributed by atoms with Crippen LogP contribution < -0.4 is 0 Å². The van der Waals surface area contributed by atoms with E-state index < -0.39 is 5.60 Å². The monoisotopic (exact) mass is 416 g/mol. The summed E-state index contributed by atoms with van der Waals surface area (Å²) in [5.41, 5.74) is -0.422. The first-order valence-electron chi connectivity index (χ1n) is 13.2. The highest BCUT2D eigenvalue weighted by atomic mass is 16.3. The van der Waals surface area contributed by atoms with Crippen molar-refractivity contribution in [1.82, 2.24) is 0 Å². The number of carbonyl (C=O) groups is 1. The molecule has 4 saturated carbocycles. The first-order valence-corrected chi connectivity index (χ1v) is 13.2. The summed E-state index contributed by atoms with van der Waals surface area (Å²) in [6.45, 7) is 14.1. The minimum Gasteiger partial charge on any atom is -0.382 e. The van der Waals surface area contributed by atoms with Crippen molar-refractivity contribution in [3.8, 4) is 0 Å². The summed E-state index contributed by atoms with van der Waals surface area (Å²) in [5, 5.41) is 10.9. The van der Waals surface area contributed by atoms with Gasteiger partial charge in [-0.3, -0.25) is 4.79 Å². The molecule has 0 aromatic heterocycles. The van der Waals surface area contributed by atoms with Gasteiger partial charge in [0.25, 0.3) is 0 Å². The second-order valence-electron chi connectivity index (χ2n) is 13.3. The van der Waals surface area contributed by atoms with Gasteiger partial charge in [0.1, 0.15) is 5.60 Å². The van der Waals surface area contributed by atoms with Crippen LogP contribution >= 0.6 is 0 Å². The summed E-state index contributed by atoms with van der Waals surface area (Å²) in [6, 6.07) is 0. The molecule has 30 heavy (non-hydrogen) atoms. The minimum absolute atomic E-state index is 0.0974. The van der Waals surface area contributed by atoms with Crippen molar-refractivity contribution in [2.24, 2.45) is 52.3 Å². The van der Waals surface area contributed by atoms with E-state index in [1.54, 1.807) is 6.92 Å². The van der Waals surface area contributed by atoms with Gasteiger partial charge in [-0.2, -0.15) is 0 Å². The summed E-state index contributed by atoms with van der Waals surface area (Å²) in [4.78, 5) is 12.5. The molecule has 2 nitrogen and oxygen atoms in total. The predicted molar refractivity (Wildman–Crippen MR) is 124 cm³/mol. The third-order valence-electron chi connectivity index (χ3n) is 11.0. The van der Waals surface area contributed by atoms with Crippen molar-refractivity contribution in [2.45, 2.75) is 118 Å². The Morgan fingerprint density at radius 3 is 2.33 bits per heavy atom. The van der Waals surface area contributed by atoms with Gasteiger partial charge in [-0.15, -0.1) is 0 Å². The molecule has 9 atom stereocenters. The van der Waals surface area contributed by atoms with Crippen LogP contribution in [0.3, 0.4) is 0 Å². The molecule has 4 fully saturated rings.